The van der Waals surface area contributed by atoms with Gasteiger partial charge in [0.2, 0.25) is 0 Å². The van der Waals surface area contributed by atoms with Gasteiger partial charge in [0, 0.05) is 19.6 Å². The summed E-state index contributed by atoms with van der Waals surface area (Å²) in [4.78, 5) is 38.4. The summed E-state index contributed by atoms with van der Waals surface area (Å²) in [6.45, 7) is 4.95. The number of thiophene rings is 1. The molecular formula is C16H22N2O4S. The molecule has 1 saturated heterocycles. The Balaban J connectivity index is 1.81. The molecule has 0 saturated carbocycles. The number of nitrogens with one attached hydrogen (secondary N) is 1. The Morgan fingerprint density at radius 2 is 2.09 bits per heavy atom. The molecule has 2 rings (SSSR count). The highest BCUT2D eigenvalue weighted by Crippen LogP contribution is 2.22. The van der Waals surface area contributed by atoms with E-state index >= 15 is 0 Å². The fourth-order valence-electron chi connectivity index (χ4n) is 2.52. The lowest BCUT2D eigenvalue weighted by Gasteiger charge is -2.31. The molecule has 0 spiro atoms. The van der Waals surface area contributed by atoms with Gasteiger partial charge in [-0.25, -0.2) is 0 Å². The fourth-order valence-corrected chi connectivity index (χ4v) is 3.21. The minimum atomic E-state index is -0.784. The summed E-state index contributed by atoms with van der Waals surface area (Å²) in [6.07, 6.45) is 0.351. The van der Waals surface area contributed by atoms with Gasteiger partial charge in [0.25, 0.3) is 11.8 Å². The molecule has 0 bridgehead atoms. The van der Waals surface area contributed by atoms with Crippen LogP contribution in [0.25, 0.3) is 0 Å². The zero-order chi connectivity index (χ0) is 16.8. The van der Waals surface area contributed by atoms with Crippen molar-refractivity contribution in [2.75, 3.05) is 19.6 Å². The number of piperidine rings is 1. The van der Waals surface area contributed by atoms with Gasteiger partial charge in [-0.15, -0.1) is 11.3 Å². The predicted molar refractivity (Wildman–Crippen MR) is 87.2 cm³/mol. The lowest BCUT2D eigenvalue weighted by Crippen LogP contribution is -2.42. The average Bonchev–Trinajstić information content (AvgIpc) is 3.09. The molecule has 6 nitrogen and oxygen atoms in total. The molecule has 0 radical (unpaired) electrons. The van der Waals surface area contributed by atoms with Crippen LogP contribution in [0, 0.1) is 5.92 Å². The summed E-state index contributed by atoms with van der Waals surface area (Å²) in [6, 6.07) is 3.66. The Bertz CT molecular complexity index is 550. The Hall–Kier alpha value is -1.89. The maximum absolute atomic E-state index is 12.2. The number of likely N-dealkylation sites (N-methyl/N-ethyl adjacent to an activating group) is 1. The third-order valence-electron chi connectivity index (χ3n) is 3.86. The largest absolute Gasteiger partial charge is 0.452 e. The molecule has 2 heterocycles. The molecule has 1 fully saturated rings. The van der Waals surface area contributed by atoms with Crippen molar-refractivity contribution in [2.24, 2.45) is 5.92 Å². The summed E-state index contributed by atoms with van der Waals surface area (Å²) >= 11 is 1.42. The van der Waals surface area contributed by atoms with E-state index in [0.717, 1.165) is 4.88 Å². The van der Waals surface area contributed by atoms with Gasteiger partial charge in [-0.2, -0.15) is 0 Å². The summed E-state index contributed by atoms with van der Waals surface area (Å²) in [5.74, 6) is -0.875. The number of ether oxygens (including phenoxy) is 1. The Labute approximate surface area is 139 Å². The Kier molecular flexibility index (Phi) is 6.15. The minimum Gasteiger partial charge on any atom is -0.452 e. The van der Waals surface area contributed by atoms with E-state index < -0.39 is 6.10 Å². The van der Waals surface area contributed by atoms with Crippen molar-refractivity contribution < 1.29 is 19.1 Å². The highest BCUT2D eigenvalue weighted by atomic mass is 32.1. The maximum Gasteiger partial charge on any atom is 0.309 e. The van der Waals surface area contributed by atoms with E-state index in [1.807, 2.05) is 18.4 Å². The van der Waals surface area contributed by atoms with E-state index in [1.165, 1.54) is 11.3 Å². The van der Waals surface area contributed by atoms with Gasteiger partial charge in [0.1, 0.15) is 0 Å². The van der Waals surface area contributed by atoms with Crippen LogP contribution in [0.2, 0.25) is 0 Å². The molecule has 23 heavy (non-hydrogen) atoms. The average molecular weight is 338 g/mol. The third-order valence-corrected chi connectivity index (χ3v) is 4.72. The third kappa shape index (κ3) is 4.54. The molecule has 1 aromatic heterocycles. The molecule has 0 unspecified atom stereocenters. The van der Waals surface area contributed by atoms with Crippen molar-refractivity contribution in [3.05, 3.63) is 22.4 Å². The minimum absolute atomic E-state index is 0.0162. The quantitative estimate of drug-likeness (QED) is 0.829. The van der Waals surface area contributed by atoms with Gasteiger partial charge in [0.15, 0.2) is 6.10 Å². The summed E-state index contributed by atoms with van der Waals surface area (Å²) in [5.41, 5.74) is 0. The van der Waals surface area contributed by atoms with Crippen LogP contribution in [-0.4, -0.2) is 48.4 Å². The molecule has 1 aromatic rings. The Morgan fingerprint density at radius 1 is 1.39 bits per heavy atom. The number of amides is 2. The lowest BCUT2D eigenvalue weighted by atomic mass is 9.97. The van der Waals surface area contributed by atoms with Crippen LogP contribution < -0.4 is 5.32 Å². The molecule has 2 amide bonds. The molecule has 1 aliphatic heterocycles. The van der Waals surface area contributed by atoms with Gasteiger partial charge in [-0.05, 0) is 38.1 Å². The molecule has 126 valence electrons. The summed E-state index contributed by atoms with van der Waals surface area (Å²) < 4.78 is 5.22. The number of rotatable bonds is 5. The first-order valence-corrected chi connectivity index (χ1v) is 8.71. The first kappa shape index (κ1) is 17.5. The van der Waals surface area contributed by atoms with E-state index in [2.05, 4.69) is 5.32 Å². The molecule has 1 atom stereocenters. The van der Waals surface area contributed by atoms with Gasteiger partial charge in [0.05, 0.1) is 10.8 Å². The van der Waals surface area contributed by atoms with Crippen LogP contribution in [0.15, 0.2) is 17.5 Å². The van der Waals surface area contributed by atoms with Crippen molar-refractivity contribution in [1.29, 1.82) is 0 Å². The molecule has 0 aliphatic carbocycles. The SMILES string of the molecule is CCNC(=O)[C@H](C)OC(=O)C1CCN(C(=O)c2cccs2)CC1. The van der Waals surface area contributed by atoms with Crippen molar-refractivity contribution in [2.45, 2.75) is 32.8 Å². The predicted octanol–water partition coefficient (Wildman–Crippen LogP) is 1.67. The number of likely N-dealkylation sites (tertiary alicyclic amines) is 1. The first-order chi connectivity index (χ1) is 11.0. The second kappa shape index (κ2) is 8.10. The summed E-state index contributed by atoms with van der Waals surface area (Å²) in [7, 11) is 0. The number of hydrogen-bond acceptors (Lipinski definition) is 5. The van der Waals surface area contributed by atoms with Crippen LogP contribution in [0.4, 0.5) is 0 Å². The molecular weight excluding hydrogens is 316 g/mol. The van der Waals surface area contributed by atoms with E-state index in [9.17, 15) is 14.4 Å². The van der Waals surface area contributed by atoms with Gasteiger partial charge >= 0.3 is 5.97 Å². The highest BCUT2D eigenvalue weighted by Gasteiger charge is 2.30. The van der Waals surface area contributed by atoms with Crippen molar-refractivity contribution >= 4 is 29.1 Å². The Morgan fingerprint density at radius 3 is 2.65 bits per heavy atom. The van der Waals surface area contributed by atoms with Crippen molar-refractivity contribution in [3.8, 4) is 0 Å². The van der Waals surface area contributed by atoms with Gasteiger partial charge < -0.3 is 15.0 Å². The topological polar surface area (TPSA) is 75.7 Å². The normalized spacial score (nSPS) is 16.7. The first-order valence-electron chi connectivity index (χ1n) is 7.84. The standard InChI is InChI=1S/C16H22N2O4S/c1-3-17-14(19)11(2)22-16(21)12-6-8-18(9-7-12)15(20)13-5-4-10-23-13/h4-5,10-12H,3,6-9H2,1-2H3,(H,17,19)/t11-/m0/s1. The number of carbonyl (C=O) groups excluding carboxylic acids is 3. The van der Waals surface area contributed by atoms with E-state index in [1.54, 1.807) is 17.9 Å². The van der Waals surface area contributed by atoms with Crippen LogP contribution >= 0.6 is 11.3 Å². The van der Waals surface area contributed by atoms with Crippen molar-refractivity contribution in [3.63, 3.8) is 0 Å². The lowest BCUT2D eigenvalue weighted by molar-refractivity contribution is -0.160. The molecule has 7 heteroatoms. The van der Waals surface area contributed by atoms with Crippen LogP contribution in [0.1, 0.15) is 36.4 Å². The van der Waals surface area contributed by atoms with Crippen LogP contribution in [0.3, 0.4) is 0 Å². The monoisotopic (exact) mass is 338 g/mol. The maximum atomic E-state index is 12.2. The summed E-state index contributed by atoms with van der Waals surface area (Å²) in [5, 5.41) is 4.50. The molecule has 1 N–H and O–H groups in total. The van der Waals surface area contributed by atoms with E-state index in [4.69, 9.17) is 4.74 Å². The second-order valence-electron chi connectivity index (χ2n) is 5.52. The number of esters is 1. The van der Waals surface area contributed by atoms with Gasteiger partial charge in [-0.3, -0.25) is 14.4 Å². The number of carbonyl (C=O) groups is 3. The molecule has 1 aliphatic rings. The van der Waals surface area contributed by atoms with Crippen LogP contribution in [0.5, 0.6) is 0 Å². The smallest absolute Gasteiger partial charge is 0.309 e. The van der Waals surface area contributed by atoms with Crippen LogP contribution in [-0.2, 0) is 14.3 Å². The highest BCUT2D eigenvalue weighted by molar-refractivity contribution is 7.12. The zero-order valence-electron chi connectivity index (χ0n) is 13.4. The van der Waals surface area contributed by atoms with Gasteiger partial charge in [-0.1, -0.05) is 6.07 Å². The fraction of sp³-hybridized carbons (Fsp3) is 0.562. The van der Waals surface area contributed by atoms with E-state index in [0.29, 0.717) is 32.5 Å². The second-order valence-corrected chi connectivity index (χ2v) is 6.47. The molecule has 0 aromatic carbocycles. The van der Waals surface area contributed by atoms with E-state index in [-0.39, 0.29) is 23.7 Å². The van der Waals surface area contributed by atoms with Crippen molar-refractivity contribution in [1.82, 2.24) is 10.2 Å². The number of nitrogens with zero attached hydrogens (tertiary/aromatic N) is 1. The zero-order valence-corrected chi connectivity index (χ0v) is 14.2. The number of hydrogen-bond donors (Lipinski definition) is 1.